The number of amides is 3. The van der Waals surface area contributed by atoms with E-state index in [-0.39, 0.29) is 30.7 Å². The maximum Gasteiger partial charge on any atom is 0.251 e. The van der Waals surface area contributed by atoms with E-state index in [1.807, 2.05) is 19.1 Å². The quantitative estimate of drug-likeness (QED) is 0.579. The standard InChI is InChI=1S/C21H25N3O4/c1-15-10-11-18(28-2)17(13-15)24-20(26)14-23-19(25)9-6-12-22-21(27)16-7-4-3-5-8-16/h3-5,7-8,10-11,13H,6,9,12,14H2,1-2H3,(H,22,27)(H,23,25)(H,24,26). The first kappa shape index (κ1) is 21.0. The number of hydrogen-bond acceptors (Lipinski definition) is 4. The molecule has 0 saturated heterocycles. The number of anilines is 1. The summed E-state index contributed by atoms with van der Waals surface area (Å²) in [5.41, 5.74) is 2.12. The molecule has 0 fully saturated rings. The molecule has 0 heterocycles. The van der Waals surface area contributed by atoms with Crippen LogP contribution in [-0.2, 0) is 9.59 Å². The Balaban J connectivity index is 1.66. The Hall–Kier alpha value is -3.35. The second-order valence-electron chi connectivity index (χ2n) is 6.25. The monoisotopic (exact) mass is 383 g/mol. The predicted molar refractivity (Wildman–Crippen MR) is 107 cm³/mol. The summed E-state index contributed by atoms with van der Waals surface area (Å²) in [6.45, 7) is 2.16. The molecule has 7 heteroatoms. The molecule has 0 unspecified atom stereocenters. The van der Waals surface area contributed by atoms with Crippen LogP contribution >= 0.6 is 0 Å². The minimum Gasteiger partial charge on any atom is -0.495 e. The first-order chi connectivity index (χ1) is 13.5. The average Bonchev–Trinajstić information content (AvgIpc) is 2.70. The Kier molecular flexibility index (Phi) is 8.02. The van der Waals surface area contributed by atoms with E-state index in [0.29, 0.717) is 30.0 Å². The molecule has 0 saturated carbocycles. The lowest BCUT2D eigenvalue weighted by molar-refractivity contribution is -0.124. The van der Waals surface area contributed by atoms with Gasteiger partial charge in [-0.25, -0.2) is 0 Å². The van der Waals surface area contributed by atoms with Crippen LogP contribution in [0, 0.1) is 6.92 Å². The van der Waals surface area contributed by atoms with Gasteiger partial charge in [-0.2, -0.15) is 0 Å². The van der Waals surface area contributed by atoms with E-state index in [4.69, 9.17) is 4.74 Å². The second-order valence-corrected chi connectivity index (χ2v) is 6.25. The van der Waals surface area contributed by atoms with Crippen molar-refractivity contribution in [3.05, 3.63) is 59.7 Å². The van der Waals surface area contributed by atoms with Gasteiger partial charge < -0.3 is 20.7 Å². The molecular weight excluding hydrogens is 358 g/mol. The van der Waals surface area contributed by atoms with Crippen molar-refractivity contribution in [2.45, 2.75) is 19.8 Å². The van der Waals surface area contributed by atoms with Gasteiger partial charge in [0.2, 0.25) is 11.8 Å². The molecule has 7 nitrogen and oxygen atoms in total. The van der Waals surface area contributed by atoms with E-state index < -0.39 is 0 Å². The molecule has 2 aromatic rings. The summed E-state index contributed by atoms with van der Waals surface area (Å²) < 4.78 is 5.21. The molecule has 0 atom stereocenters. The second kappa shape index (κ2) is 10.7. The lowest BCUT2D eigenvalue weighted by atomic mass is 10.2. The van der Waals surface area contributed by atoms with Crippen LogP contribution in [0.15, 0.2) is 48.5 Å². The van der Waals surface area contributed by atoms with E-state index in [9.17, 15) is 14.4 Å². The molecule has 0 aliphatic carbocycles. The largest absolute Gasteiger partial charge is 0.495 e. The highest BCUT2D eigenvalue weighted by Crippen LogP contribution is 2.24. The number of hydrogen-bond donors (Lipinski definition) is 3. The number of carbonyl (C=O) groups excluding carboxylic acids is 3. The van der Waals surface area contributed by atoms with Crippen molar-refractivity contribution < 1.29 is 19.1 Å². The lowest BCUT2D eigenvalue weighted by Gasteiger charge is -2.11. The molecule has 3 amide bonds. The number of carbonyl (C=O) groups is 3. The van der Waals surface area contributed by atoms with Crippen molar-refractivity contribution in [3.63, 3.8) is 0 Å². The van der Waals surface area contributed by atoms with Crippen LogP contribution < -0.4 is 20.7 Å². The Morgan fingerprint density at radius 2 is 1.71 bits per heavy atom. The third-order valence-electron chi connectivity index (χ3n) is 3.98. The number of rotatable bonds is 9. The number of nitrogens with one attached hydrogen (secondary N) is 3. The van der Waals surface area contributed by atoms with E-state index in [1.54, 1.807) is 36.4 Å². The molecule has 0 aliphatic heterocycles. The van der Waals surface area contributed by atoms with Crippen LogP contribution in [0.5, 0.6) is 5.75 Å². The Morgan fingerprint density at radius 3 is 2.43 bits per heavy atom. The number of methoxy groups -OCH3 is 1. The minimum atomic E-state index is -0.338. The van der Waals surface area contributed by atoms with Crippen molar-refractivity contribution in [1.82, 2.24) is 10.6 Å². The molecule has 148 valence electrons. The van der Waals surface area contributed by atoms with Crippen LogP contribution in [0.4, 0.5) is 5.69 Å². The number of ether oxygens (including phenoxy) is 1. The summed E-state index contributed by atoms with van der Waals surface area (Å²) in [5.74, 6) is -0.207. The highest BCUT2D eigenvalue weighted by atomic mass is 16.5. The zero-order chi connectivity index (χ0) is 20.4. The van der Waals surface area contributed by atoms with Gasteiger partial charge in [-0.15, -0.1) is 0 Å². The Labute approximate surface area is 164 Å². The number of aryl methyl sites for hydroxylation is 1. The first-order valence-electron chi connectivity index (χ1n) is 9.04. The molecule has 0 spiro atoms. The van der Waals surface area contributed by atoms with E-state index in [1.165, 1.54) is 7.11 Å². The predicted octanol–water partition coefficient (Wildman–Crippen LogP) is 2.27. The summed E-state index contributed by atoms with van der Waals surface area (Å²) in [6.07, 6.45) is 0.702. The van der Waals surface area contributed by atoms with Gasteiger partial charge in [0.1, 0.15) is 5.75 Å². The highest BCUT2D eigenvalue weighted by molar-refractivity contribution is 5.96. The molecule has 0 radical (unpaired) electrons. The van der Waals surface area contributed by atoms with Crippen LogP contribution in [0.25, 0.3) is 0 Å². The van der Waals surface area contributed by atoms with E-state index in [0.717, 1.165) is 5.56 Å². The smallest absolute Gasteiger partial charge is 0.251 e. The summed E-state index contributed by atoms with van der Waals surface area (Å²) >= 11 is 0. The van der Waals surface area contributed by atoms with Gasteiger partial charge in [-0.05, 0) is 43.2 Å². The minimum absolute atomic E-state index is 0.133. The van der Waals surface area contributed by atoms with E-state index >= 15 is 0 Å². The maximum absolute atomic E-state index is 12.0. The third kappa shape index (κ3) is 6.75. The summed E-state index contributed by atoms with van der Waals surface area (Å²) in [5, 5.41) is 8.05. The van der Waals surface area contributed by atoms with Gasteiger partial charge in [-0.3, -0.25) is 14.4 Å². The highest BCUT2D eigenvalue weighted by Gasteiger charge is 2.10. The van der Waals surface area contributed by atoms with Gasteiger partial charge in [0.05, 0.1) is 19.3 Å². The molecule has 2 aromatic carbocycles. The maximum atomic E-state index is 12.0. The third-order valence-corrected chi connectivity index (χ3v) is 3.98. The van der Waals surface area contributed by atoms with Crippen molar-refractivity contribution >= 4 is 23.4 Å². The molecule has 3 N–H and O–H groups in total. The summed E-state index contributed by atoms with van der Waals surface area (Å²) in [6, 6.07) is 14.3. The zero-order valence-corrected chi connectivity index (χ0v) is 16.1. The van der Waals surface area contributed by atoms with E-state index in [2.05, 4.69) is 16.0 Å². The fourth-order valence-electron chi connectivity index (χ4n) is 2.52. The summed E-state index contributed by atoms with van der Waals surface area (Å²) in [4.78, 5) is 35.8. The molecule has 0 bridgehead atoms. The average molecular weight is 383 g/mol. The fraction of sp³-hybridized carbons (Fsp3) is 0.286. The van der Waals surface area contributed by atoms with Gasteiger partial charge in [0.15, 0.2) is 0 Å². The van der Waals surface area contributed by atoms with Crippen LogP contribution in [-0.4, -0.2) is 37.9 Å². The topological polar surface area (TPSA) is 96.5 Å². The van der Waals surface area contributed by atoms with Crippen molar-refractivity contribution in [3.8, 4) is 5.75 Å². The normalized spacial score (nSPS) is 10.1. The molecule has 28 heavy (non-hydrogen) atoms. The zero-order valence-electron chi connectivity index (χ0n) is 16.1. The lowest BCUT2D eigenvalue weighted by Crippen LogP contribution is -2.33. The first-order valence-corrected chi connectivity index (χ1v) is 9.04. The molecule has 0 aromatic heterocycles. The molecular formula is C21H25N3O4. The number of benzene rings is 2. The fourth-order valence-corrected chi connectivity index (χ4v) is 2.52. The van der Waals surface area contributed by atoms with Crippen molar-refractivity contribution in [1.29, 1.82) is 0 Å². The molecule has 0 aliphatic rings. The van der Waals surface area contributed by atoms with Gasteiger partial charge >= 0.3 is 0 Å². The van der Waals surface area contributed by atoms with Crippen LogP contribution in [0.3, 0.4) is 0 Å². The van der Waals surface area contributed by atoms with Crippen molar-refractivity contribution in [2.75, 3.05) is 25.5 Å². The molecule has 2 rings (SSSR count). The summed E-state index contributed by atoms with van der Waals surface area (Å²) in [7, 11) is 1.53. The van der Waals surface area contributed by atoms with Gasteiger partial charge in [-0.1, -0.05) is 24.3 Å². The Bertz CT molecular complexity index is 822. The van der Waals surface area contributed by atoms with Crippen molar-refractivity contribution in [2.24, 2.45) is 0 Å². The van der Waals surface area contributed by atoms with Gasteiger partial charge in [0.25, 0.3) is 5.91 Å². The van der Waals surface area contributed by atoms with Crippen LogP contribution in [0.2, 0.25) is 0 Å². The van der Waals surface area contributed by atoms with Crippen LogP contribution in [0.1, 0.15) is 28.8 Å². The van der Waals surface area contributed by atoms with Gasteiger partial charge in [0, 0.05) is 18.5 Å². The Morgan fingerprint density at radius 1 is 0.964 bits per heavy atom. The SMILES string of the molecule is COc1ccc(C)cc1NC(=O)CNC(=O)CCCNC(=O)c1ccccc1.